The number of hydrogen-bond acceptors (Lipinski definition) is 2. The van der Waals surface area contributed by atoms with Crippen LogP contribution in [0.1, 0.15) is 19.8 Å². The van der Waals surface area contributed by atoms with Crippen molar-refractivity contribution in [2.45, 2.75) is 19.8 Å². The third-order valence-corrected chi connectivity index (χ3v) is 0.684. The van der Waals surface area contributed by atoms with E-state index >= 15 is 0 Å². The van der Waals surface area contributed by atoms with Crippen LogP contribution in [0.2, 0.25) is 0 Å². The van der Waals surface area contributed by atoms with Crippen LogP contribution >= 0.6 is 0 Å². The van der Waals surface area contributed by atoms with Crippen LogP contribution < -0.4 is 0 Å². The molecular weight excluding hydrogens is 115 g/mol. The summed E-state index contributed by atoms with van der Waals surface area (Å²) in [6, 6.07) is 0. The Morgan fingerprint density at radius 1 is 1.62 bits per heavy atom. The summed E-state index contributed by atoms with van der Waals surface area (Å²) < 4.78 is 4.39. The summed E-state index contributed by atoms with van der Waals surface area (Å²) in [5.74, 6) is 0. The van der Waals surface area contributed by atoms with E-state index in [2.05, 4.69) is 4.74 Å². The Morgan fingerprint density at radius 2 is 2.25 bits per heavy atom. The molecule has 0 atom stereocenters. The fraction of sp³-hybridized carbons (Fsp3) is 0.800. The van der Waals surface area contributed by atoms with Crippen LogP contribution in [0.5, 0.6) is 0 Å². The van der Waals surface area contributed by atoms with Crippen molar-refractivity contribution in [3.05, 3.63) is 0 Å². The van der Waals surface area contributed by atoms with Gasteiger partial charge in [-0.05, 0) is 6.42 Å². The van der Waals surface area contributed by atoms with Crippen LogP contribution in [0, 0.1) is 0 Å². The van der Waals surface area contributed by atoms with Crippen molar-refractivity contribution in [1.82, 2.24) is 0 Å². The molecule has 0 aromatic heterocycles. The summed E-state index contributed by atoms with van der Waals surface area (Å²) in [6.45, 7) is 3.10. The van der Waals surface area contributed by atoms with Crippen LogP contribution in [0.25, 0.3) is 0 Å². The quantitative estimate of drug-likeness (QED) is 0.312. The van der Waals surface area contributed by atoms with E-state index in [4.69, 9.17) is 0 Å². The van der Waals surface area contributed by atoms with E-state index in [9.17, 15) is 4.79 Å². The van der Waals surface area contributed by atoms with Gasteiger partial charge < -0.3 is 4.74 Å². The molecule has 8 heavy (non-hydrogen) atoms. The van der Waals surface area contributed by atoms with Gasteiger partial charge in [-0.15, -0.1) is 0 Å². The molecule has 43 valence electrons. The molecule has 0 aromatic carbocycles. The summed E-state index contributed by atoms with van der Waals surface area (Å²) >= 11 is 0. The third kappa shape index (κ3) is 9.69. The van der Waals surface area contributed by atoms with Crippen molar-refractivity contribution in [2.24, 2.45) is 0 Å². The van der Waals surface area contributed by atoms with Gasteiger partial charge in [0.2, 0.25) is 0 Å². The molecule has 2 nitrogen and oxygen atoms in total. The molecule has 0 saturated heterocycles. The molecule has 0 unspecified atom stereocenters. The zero-order chi connectivity index (χ0) is 5.54. The number of carbonyl (C=O) groups is 1. The average Bonchev–Trinajstić information content (AvgIpc) is 1.69. The Labute approximate surface area is 71.9 Å². The predicted octanol–water partition coefficient (Wildman–Crippen LogP) is 0.579. The van der Waals surface area contributed by atoms with Gasteiger partial charge >= 0.3 is 0 Å². The number of rotatable bonds is 4. The summed E-state index contributed by atoms with van der Waals surface area (Å²) in [5.41, 5.74) is 0. The minimum atomic E-state index is 0. The van der Waals surface area contributed by atoms with Crippen molar-refractivity contribution in [2.75, 3.05) is 6.61 Å². The second kappa shape index (κ2) is 10.5. The monoisotopic (exact) mass is 125 g/mol. The smallest absolute Gasteiger partial charge is 0.293 e. The molecule has 0 aliphatic carbocycles. The maximum atomic E-state index is 9.46. The maximum Gasteiger partial charge on any atom is 0.293 e. The molecule has 0 rings (SSSR count). The number of carbonyl (C=O) groups excluding carboxylic acids is 1. The van der Waals surface area contributed by atoms with Crippen molar-refractivity contribution < 1.29 is 9.53 Å². The number of hydrogen-bond donors (Lipinski definition) is 0. The molecule has 0 saturated carbocycles. The third-order valence-electron chi connectivity index (χ3n) is 0.684. The molecule has 1 radical (unpaired) electrons. The summed E-state index contributed by atoms with van der Waals surface area (Å²) in [4.78, 5) is 9.46. The Balaban J connectivity index is 0. The molecular formula is C5H10NaO2. The van der Waals surface area contributed by atoms with Gasteiger partial charge in [-0.1, -0.05) is 13.3 Å². The average molecular weight is 125 g/mol. The van der Waals surface area contributed by atoms with Gasteiger partial charge in [0.1, 0.15) is 0 Å². The van der Waals surface area contributed by atoms with E-state index in [-0.39, 0.29) is 29.6 Å². The van der Waals surface area contributed by atoms with Crippen molar-refractivity contribution in [3.63, 3.8) is 0 Å². The van der Waals surface area contributed by atoms with E-state index in [0.717, 1.165) is 12.8 Å². The molecule has 0 aliphatic heterocycles. The minimum Gasteiger partial charge on any atom is -0.468 e. The Kier molecular flexibility index (Phi) is 14.7. The Hall–Kier alpha value is 0.470. The van der Waals surface area contributed by atoms with E-state index in [1.54, 1.807) is 0 Å². The van der Waals surface area contributed by atoms with Crippen LogP contribution in [-0.4, -0.2) is 42.6 Å². The molecule has 0 N–H and O–H groups in total. The fourth-order valence-electron chi connectivity index (χ4n) is 0.276. The van der Waals surface area contributed by atoms with Crippen LogP contribution in [0.15, 0.2) is 0 Å². The van der Waals surface area contributed by atoms with E-state index < -0.39 is 0 Å². The van der Waals surface area contributed by atoms with Crippen LogP contribution in [0.3, 0.4) is 0 Å². The first-order valence-corrected chi connectivity index (χ1v) is 2.47. The first kappa shape index (κ1) is 11.3. The van der Waals surface area contributed by atoms with Gasteiger partial charge in [0.15, 0.2) is 0 Å². The molecule has 0 aliphatic rings. The normalized spacial score (nSPS) is 7.12. The predicted molar refractivity (Wildman–Crippen MR) is 32.7 cm³/mol. The largest absolute Gasteiger partial charge is 0.468 e. The van der Waals surface area contributed by atoms with E-state index in [1.807, 2.05) is 6.92 Å². The van der Waals surface area contributed by atoms with E-state index in [1.165, 1.54) is 0 Å². The Morgan fingerprint density at radius 3 is 2.62 bits per heavy atom. The van der Waals surface area contributed by atoms with Crippen LogP contribution in [0.4, 0.5) is 0 Å². The molecule has 0 fully saturated rings. The molecule has 0 spiro atoms. The fourth-order valence-corrected chi connectivity index (χ4v) is 0.276. The van der Waals surface area contributed by atoms with Crippen LogP contribution in [-0.2, 0) is 9.53 Å². The van der Waals surface area contributed by atoms with Crippen molar-refractivity contribution in [3.8, 4) is 0 Å². The first-order valence-electron chi connectivity index (χ1n) is 2.47. The standard InChI is InChI=1S/C5H10O2.Na/c1-2-3-4-7-5-6;/h5H,2-4H2,1H3;. The molecule has 0 aromatic rings. The minimum absolute atomic E-state index is 0. The van der Waals surface area contributed by atoms with Gasteiger partial charge in [-0.25, -0.2) is 0 Å². The van der Waals surface area contributed by atoms with Gasteiger partial charge in [-0.2, -0.15) is 0 Å². The topological polar surface area (TPSA) is 26.3 Å². The van der Waals surface area contributed by atoms with Gasteiger partial charge in [0.05, 0.1) is 6.61 Å². The van der Waals surface area contributed by atoms with Gasteiger partial charge in [-0.3, -0.25) is 4.79 Å². The number of ether oxygens (including phenoxy) is 1. The second-order valence-corrected chi connectivity index (χ2v) is 1.32. The summed E-state index contributed by atoms with van der Waals surface area (Å²) in [5, 5.41) is 0. The molecule has 0 heterocycles. The van der Waals surface area contributed by atoms with E-state index in [0.29, 0.717) is 13.1 Å². The first-order chi connectivity index (χ1) is 3.41. The van der Waals surface area contributed by atoms with Gasteiger partial charge in [0, 0.05) is 29.6 Å². The maximum absolute atomic E-state index is 9.46. The molecule has 0 amide bonds. The van der Waals surface area contributed by atoms with Crippen molar-refractivity contribution >= 4 is 36.0 Å². The molecule has 3 heteroatoms. The second-order valence-electron chi connectivity index (χ2n) is 1.32. The zero-order valence-corrected chi connectivity index (χ0v) is 7.52. The zero-order valence-electron chi connectivity index (χ0n) is 5.52. The SMILES string of the molecule is CCCCOC=O.[Na]. The summed E-state index contributed by atoms with van der Waals surface area (Å²) in [7, 11) is 0. The van der Waals surface area contributed by atoms with Gasteiger partial charge in [0.25, 0.3) is 6.47 Å². The molecule has 0 bridgehead atoms. The van der Waals surface area contributed by atoms with Crippen molar-refractivity contribution in [1.29, 1.82) is 0 Å². The number of unbranched alkanes of at least 4 members (excludes halogenated alkanes) is 1. The summed E-state index contributed by atoms with van der Waals surface area (Å²) in [6.07, 6.45) is 2.05. The Bertz CT molecular complexity index is 47.7.